The number of azide groups is 1. The zero-order valence-electron chi connectivity index (χ0n) is 25.8. The Labute approximate surface area is 247 Å². The highest BCUT2D eigenvalue weighted by atomic mass is 16.6. The molecule has 0 radical (unpaired) electrons. The number of ether oxygens (including phenoxy) is 3. The minimum absolute atomic E-state index is 0.0658. The van der Waals surface area contributed by atoms with Crippen LogP contribution in [-0.2, 0) is 20.8 Å². The number of benzene rings is 1. The zero-order chi connectivity index (χ0) is 32.6. The van der Waals surface area contributed by atoms with Gasteiger partial charge in [-0.15, -0.1) is 0 Å². The highest BCUT2D eigenvalue weighted by Gasteiger charge is 2.21. The number of likely N-dealkylation sites (N-methyl/N-ethyl adjacent to an activating group) is 1. The van der Waals surface area contributed by atoms with E-state index in [9.17, 15) is 14.4 Å². The van der Waals surface area contributed by atoms with Gasteiger partial charge in [-0.2, -0.15) is 0 Å². The lowest BCUT2D eigenvalue weighted by molar-refractivity contribution is 0.0544. The van der Waals surface area contributed by atoms with E-state index in [0.717, 1.165) is 5.56 Å². The van der Waals surface area contributed by atoms with E-state index in [1.165, 1.54) is 4.90 Å². The van der Waals surface area contributed by atoms with Crippen LogP contribution in [-0.4, -0.2) is 86.7 Å². The molecule has 0 fully saturated rings. The zero-order valence-corrected chi connectivity index (χ0v) is 25.8. The van der Waals surface area contributed by atoms with Crippen LogP contribution in [0.4, 0.5) is 14.4 Å². The molecule has 0 bridgehead atoms. The Morgan fingerprint density at radius 2 is 1.38 bits per heavy atom. The van der Waals surface area contributed by atoms with Crippen molar-refractivity contribution in [2.75, 3.05) is 46.3 Å². The van der Waals surface area contributed by atoms with E-state index in [-0.39, 0.29) is 25.1 Å². The minimum Gasteiger partial charge on any atom is -0.445 e. The Kier molecular flexibility index (Phi) is 21.5. The fourth-order valence-electron chi connectivity index (χ4n) is 2.30. The van der Waals surface area contributed by atoms with E-state index in [1.807, 2.05) is 30.3 Å². The van der Waals surface area contributed by atoms with Crippen molar-refractivity contribution in [3.05, 3.63) is 46.3 Å². The van der Waals surface area contributed by atoms with Gasteiger partial charge in [0.1, 0.15) is 17.8 Å². The molecule has 0 aliphatic rings. The molecule has 0 aliphatic carbocycles. The number of nitrogens with zero attached hydrogens (tertiary/aromatic N) is 5. The number of amides is 3. The number of nitrogens with two attached hydrogens (primary N) is 3. The molecular formula is C26H48N10O6. The summed E-state index contributed by atoms with van der Waals surface area (Å²) in [5, 5.41) is 7.84. The van der Waals surface area contributed by atoms with Crippen LogP contribution in [0.5, 0.6) is 0 Å². The van der Waals surface area contributed by atoms with Crippen LogP contribution >= 0.6 is 0 Å². The van der Waals surface area contributed by atoms with Crippen molar-refractivity contribution in [3.8, 4) is 0 Å². The van der Waals surface area contributed by atoms with Crippen LogP contribution in [0.15, 0.2) is 40.4 Å². The van der Waals surface area contributed by atoms with Crippen molar-refractivity contribution >= 4 is 24.2 Å². The monoisotopic (exact) mass is 596 g/mol. The van der Waals surface area contributed by atoms with Crippen LogP contribution in [0.1, 0.15) is 47.1 Å². The van der Waals surface area contributed by atoms with Gasteiger partial charge < -0.3 is 36.3 Å². The molecule has 0 saturated heterocycles. The van der Waals surface area contributed by atoms with Gasteiger partial charge in [0.05, 0.1) is 6.54 Å². The second-order valence-corrected chi connectivity index (χ2v) is 10.3. The Balaban J connectivity index is 0. The Morgan fingerprint density at radius 1 is 0.881 bits per heavy atom. The molecule has 0 atom stereocenters. The van der Waals surface area contributed by atoms with Crippen molar-refractivity contribution < 1.29 is 28.6 Å². The molecule has 0 heterocycles. The molecule has 1 aromatic carbocycles. The van der Waals surface area contributed by atoms with Gasteiger partial charge in [-0.1, -0.05) is 35.4 Å². The average Bonchev–Trinajstić information content (AvgIpc) is 2.88. The Morgan fingerprint density at radius 3 is 1.76 bits per heavy atom. The third-order valence-corrected chi connectivity index (χ3v) is 3.91. The number of alkyl carbamates (subject to hydrolysis) is 2. The molecule has 42 heavy (non-hydrogen) atoms. The summed E-state index contributed by atoms with van der Waals surface area (Å²) in [5.74, 6) is -0.0658. The predicted molar refractivity (Wildman–Crippen MR) is 161 cm³/mol. The molecule has 0 saturated carbocycles. The topological polar surface area (TPSA) is 245 Å². The van der Waals surface area contributed by atoms with Crippen LogP contribution in [0.25, 0.3) is 10.4 Å². The van der Waals surface area contributed by atoms with Crippen molar-refractivity contribution in [2.45, 2.75) is 59.4 Å². The molecule has 8 N–H and O–H groups in total. The first kappa shape index (κ1) is 40.0. The van der Waals surface area contributed by atoms with Crippen molar-refractivity contribution in [1.82, 2.24) is 15.5 Å². The molecule has 238 valence electrons. The number of carbonyl (C=O) groups is 3. The maximum absolute atomic E-state index is 11.7. The van der Waals surface area contributed by atoms with Gasteiger partial charge in [-0.25, -0.2) is 14.4 Å². The number of hydrogen-bond acceptors (Lipinski definition) is 11. The number of aliphatic imine (C=N–C) groups is 1. The first-order chi connectivity index (χ1) is 19.6. The van der Waals surface area contributed by atoms with E-state index in [2.05, 4.69) is 25.7 Å². The molecule has 1 aromatic rings. The van der Waals surface area contributed by atoms with E-state index >= 15 is 0 Å². The fraction of sp³-hybridized carbons (Fsp3) is 0.615. The van der Waals surface area contributed by atoms with E-state index in [0.29, 0.717) is 32.8 Å². The number of rotatable bonds is 8. The van der Waals surface area contributed by atoms with E-state index in [1.54, 1.807) is 48.6 Å². The molecule has 3 amide bonds. The van der Waals surface area contributed by atoms with Crippen LogP contribution in [0.2, 0.25) is 0 Å². The van der Waals surface area contributed by atoms with Gasteiger partial charge in [0.25, 0.3) is 0 Å². The lowest BCUT2D eigenvalue weighted by atomic mass is 10.2. The van der Waals surface area contributed by atoms with Crippen LogP contribution < -0.4 is 27.8 Å². The second-order valence-electron chi connectivity index (χ2n) is 10.3. The molecule has 16 heteroatoms. The third kappa shape index (κ3) is 26.1. The molecule has 0 aliphatic heterocycles. The molecule has 0 spiro atoms. The summed E-state index contributed by atoms with van der Waals surface area (Å²) in [4.78, 5) is 42.6. The quantitative estimate of drug-likeness (QED) is 0.0738. The summed E-state index contributed by atoms with van der Waals surface area (Å²) in [6, 6.07) is 9.57. The normalized spacial score (nSPS) is 10.1. The summed E-state index contributed by atoms with van der Waals surface area (Å²) < 4.78 is 15.2. The molecule has 1 rings (SSSR count). The summed E-state index contributed by atoms with van der Waals surface area (Å²) in [6.45, 7) is 13.0. The average molecular weight is 597 g/mol. The van der Waals surface area contributed by atoms with Gasteiger partial charge in [-0.05, 0) is 59.2 Å². The largest absolute Gasteiger partial charge is 0.445 e. The van der Waals surface area contributed by atoms with Gasteiger partial charge in [-0.3, -0.25) is 15.6 Å². The lowest BCUT2D eigenvalue weighted by Gasteiger charge is -2.22. The van der Waals surface area contributed by atoms with E-state index in [4.69, 9.17) is 36.9 Å². The Hall–Kier alpha value is -4.11. The second kappa shape index (κ2) is 22.6. The first-order valence-corrected chi connectivity index (χ1v) is 13.2. The van der Waals surface area contributed by atoms with Crippen LogP contribution in [0, 0.1) is 0 Å². The minimum atomic E-state index is -0.727. The fourth-order valence-corrected chi connectivity index (χ4v) is 2.30. The van der Waals surface area contributed by atoms with Gasteiger partial charge in [0.15, 0.2) is 0 Å². The standard InChI is InChI=1S/C13H26N4O4.C11H16N2O2.C2H6N4/c1-12(2,3)20-10(18)16-9(15-8-7-14)17-11(19)21-13(4,5)6;1-13(8-7-12)11(14)15-9-10-5-3-2-4-6-10;3-1-2-5-6-4/h7-8,14H2,1-6H3,(H2,15,16,17,18,19);2-6H,7-9,12H2,1H3;1-3H2. The summed E-state index contributed by atoms with van der Waals surface area (Å²) >= 11 is 0. The number of hydrogen-bond donors (Lipinski definition) is 5. The third-order valence-electron chi connectivity index (χ3n) is 3.91. The SMILES string of the molecule is CC(C)(C)OC(=O)NC(=NCCN)NC(=O)OC(C)(C)C.CN(CCN)C(=O)OCc1ccccc1.[N-]=[N+]=NCCN. The van der Waals surface area contributed by atoms with Gasteiger partial charge in [0.2, 0.25) is 5.96 Å². The molecule has 0 aromatic heterocycles. The van der Waals surface area contributed by atoms with Crippen molar-refractivity contribution in [3.63, 3.8) is 0 Å². The lowest BCUT2D eigenvalue weighted by Crippen LogP contribution is -2.47. The molecule has 16 nitrogen and oxygen atoms in total. The highest BCUT2D eigenvalue weighted by molar-refractivity contribution is 6.01. The van der Waals surface area contributed by atoms with Crippen molar-refractivity contribution in [1.29, 1.82) is 0 Å². The number of nitrogens with one attached hydrogen (secondary N) is 2. The van der Waals surface area contributed by atoms with Gasteiger partial charge in [0, 0.05) is 38.1 Å². The van der Waals surface area contributed by atoms with Crippen LogP contribution in [0.3, 0.4) is 0 Å². The number of carbonyl (C=O) groups excluding carboxylic acids is 3. The first-order valence-electron chi connectivity index (χ1n) is 13.2. The Bertz CT molecular complexity index is 956. The predicted octanol–water partition coefficient (Wildman–Crippen LogP) is 2.82. The summed E-state index contributed by atoms with van der Waals surface area (Å²) in [7, 11) is 1.67. The van der Waals surface area contributed by atoms with Crippen molar-refractivity contribution in [2.24, 2.45) is 27.3 Å². The molecular weight excluding hydrogens is 548 g/mol. The van der Waals surface area contributed by atoms with E-state index < -0.39 is 23.4 Å². The maximum Gasteiger partial charge on any atom is 0.414 e. The maximum atomic E-state index is 11.7. The van der Waals surface area contributed by atoms with Gasteiger partial charge >= 0.3 is 18.3 Å². The number of guanidine groups is 1. The highest BCUT2D eigenvalue weighted by Crippen LogP contribution is 2.07. The summed E-state index contributed by atoms with van der Waals surface area (Å²) in [6.07, 6.45) is -1.80. The smallest absolute Gasteiger partial charge is 0.414 e. The molecule has 0 unspecified atom stereocenters. The summed E-state index contributed by atoms with van der Waals surface area (Å²) in [5.41, 5.74) is 22.9.